The molecule has 0 atom stereocenters. The average molecular weight is 282 g/mol. The molecule has 1 rings (SSSR count). The fourth-order valence-electron chi connectivity index (χ4n) is 1.51. The van der Waals surface area contributed by atoms with Gasteiger partial charge < -0.3 is 24.8 Å². The highest BCUT2D eigenvalue weighted by atomic mass is 16.5. The minimum Gasteiger partial charge on any atom is -0.507 e. The number of amides is 1. The summed E-state index contributed by atoms with van der Waals surface area (Å²) in [6.45, 7) is 2.28. The number of rotatable bonds is 8. The number of likely N-dealkylation sites (N-methyl/N-ethyl adjacent to an activating group) is 1. The topological polar surface area (TPSA) is 71.0 Å². The summed E-state index contributed by atoms with van der Waals surface area (Å²) in [5.74, 6) is 0.101. The summed E-state index contributed by atoms with van der Waals surface area (Å²) in [6.07, 6.45) is 0. The zero-order chi connectivity index (χ0) is 15.0. The van der Waals surface area contributed by atoms with Crippen LogP contribution in [0.2, 0.25) is 0 Å². The standard InChI is InChI=1S/C14H22N2O4/c1-16(2)7-9-20-8-6-15-14(18)12-10-11(19-3)4-5-13(12)17/h4-5,10,17H,6-9H2,1-3H3,(H,15,18). The Labute approximate surface area is 119 Å². The van der Waals surface area contributed by atoms with Crippen molar-refractivity contribution in [3.8, 4) is 11.5 Å². The van der Waals surface area contributed by atoms with Crippen molar-refractivity contribution < 1.29 is 19.4 Å². The second kappa shape index (κ2) is 8.39. The molecule has 0 radical (unpaired) electrons. The zero-order valence-electron chi connectivity index (χ0n) is 12.2. The zero-order valence-corrected chi connectivity index (χ0v) is 12.2. The van der Waals surface area contributed by atoms with Crippen LogP contribution in [0.5, 0.6) is 11.5 Å². The van der Waals surface area contributed by atoms with E-state index in [1.807, 2.05) is 19.0 Å². The van der Waals surface area contributed by atoms with Crippen molar-refractivity contribution in [1.29, 1.82) is 0 Å². The van der Waals surface area contributed by atoms with Crippen LogP contribution in [0.25, 0.3) is 0 Å². The molecule has 0 aliphatic carbocycles. The number of ether oxygens (including phenoxy) is 2. The molecule has 0 fully saturated rings. The Morgan fingerprint density at radius 1 is 1.35 bits per heavy atom. The van der Waals surface area contributed by atoms with E-state index in [1.54, 1.807) is 6.07 Å². The van der Waals surface area contributed by atoms with E-state index in [0.29, 0.717) is 25.5 Å². The molecule has 0 aromatic heterocycles. The number of carbonyl (C=O) groups excluding carboxylic acids is 1. The average Bonchev–Trinajstić information content (AvgIpc) is 2.42. The van der Waals surface area contributed by atoms with Crippen LogP contribution in [0, 0.1) is 0 Å². The van der Waals surface area contributed by atoms with E-state index in [9.17, 15) is 9.90 Å². The minimum absolute atomic E-state index is 0.0724. The largest absolute Gasteiger partial charge is 0.507 e. The maximum absolute atomic E-state index is 11.9. The lowest BCUT2D eigenvalue weighted by Crippen LogP contribution is -2.28. The first-order chi connectivity index (χ1) is 9.54. The summed E-state index contributed by atoms with van der Waals surface area (Å²) >= 11 is 0. The predicted molar refractivity (Wildman–Crippen MR) is 76.4 cm³/mol. The number of nitrogens with one attached hydrogen (secondary N) is 1. The maximum atomic E-state index is 11.9. The monoisotopic (exact) mass is 282 g/mol. The second-order valence-electron chi connectivity index (χ2n) is 4.55. The highest BCUT2D eigenvalue weighted by Crippen LogP contribution is 2.22. The van der Waals surface area contributed by atoms with Crippen molar-refractivity contribution in [2.45, 2.75) is 0 Å². The van der Waals surface area contributed by atoms with Gasteiger partial charge >= 0.3 is 0 Å². The van der Waals surface area contributed by atoms with Crippen molar-refractivity contribution >= 4 is 5.91 Å². The first-order valence-electron chi connectivity index (χ1n) is 6.42. The molecule has 0 spiro atoms. The van der Waals surface area contributed by atoms with Gasteiger partial charge in [-0.05, 0) is 32.3 Å². The third-order valence-corrected chi connectivity index (χ3v) is 2.66. The van der Waals surface area contributed by atoms with Crippen LogP contribution in [0.3, 0.4) is 0 Å². The lowest BCUT2D eigenvalue weighted by molar-refractivity contribution is 0.0897. The first-order valence-corrected chi connectivity index (χ1v) is 6.42. The van der Waals surface area contributed by atoms with E-state index in [4.69, 9.17) is 9.47 Å². The molecule has 0 saturated heterocycles. The Bertz CT molecular complexity index is 435. The SMILES string of the molecule is COc1ccc(O)c(C(=O)NCCOCCN(C)C)c1. The molecule has 112 valence electrons. The van der Waals surface area contributed by atoms with Crippen LogP contribution in [0.1, 0.15) is 10.4 Å². The number of carbonyl (C=O) groups is 1. The third kappa shape index (κ3) is 5.46. The van der Waals surface area contributed by atoms with Crippen LogP contribution in [-0.2, 0) is 4.74 Å². The molecule has 0 unspecified atom stereocenters. The number of phenolic OH excluding ortho intramolecular Hbond substituents is 1. The lowest BCUT2D eigenvalue weighted by Gasteiger charge is -2.11. The molecule has 6 heteroatoms. The van der Waals surface area contributed by atoms with Crippen molar-refractivity contribution in [3.05, 3.63) is 23.8 Å². The van der Waals surface area contributed by atoms with Gasteiger partial charge in [-0.15, -0.1) is 0 Å². The quantitative estimate of drug-likeness (QED) is 0.687. The molecular weight excluding hydrogens is 260 g/mol. The normalized spacial score (nSPS) is 10.6. The van der Waals surface area contributed by atoms with Crippen LogP contribution < -0.4 is 10.1 Å². The predicted octanol–water partition coefficient (Wildman–Crippen LogP) is 0.709. The highest BCUT2D eigenvalue weighted by molar-refractivity contribution is 5.97. The molecule has 0 heterocycles. The molecule has 0 saturated carbocycles. The van der Waals surface area contributed by atoms with Gasteiger partial charge in [0.2, 0.25) is 0 Å². The van der Waals surface area contributed by atoms with E-state index in [1.165, 1.54) is 19.2 Å². The minimum atomic E-state index is -0.349. The molecule has 0 bridgehead atoms. The molecular formula is C14H22N2O4. The van der Waals surface area contributed by atoms with Gasteiger partial charge in [0.15, 0.2) is 0 Å². The Kier molecular flexibility index (Phi) is 6.83. The number of aromatic hydroxyl groups is 1. The van der Waals surface area contributed by atoms with Crippen LogP contribution >= 0.6 is 0 Å². The molecule has 1 aromatic carbocycles. The number of benzene rings is 1. The number of hydrogen-bond acceptors (Lipinski definition) is 5. The smallest absolute Gasteiger partial charge is 0.255 e. The van der Waals surface area contributed by atoms with Gasteiger partial charge in [-0.25, -0.2) is 0 Å². The van der Waals surface area contributed by atoms with Crippen molar-refractivity contribution in [2.75, 3.05) is 47.5 Å². The fraction of sp³-hybridized carbons (Fsp3) is 0.500. The van der Waals surface area contributed by atoms with E-state index < -0.39 is 0 Å². The molecule has 1 aromatic rings. The summed E-state index contributed by atoms with van der Waals surface area (Å²) in [5.41, 5.74) is 0.192. The van der Waals surface area contributed by atoms with Gasteiger partial charge in [0.05, 0.1) is 25.9 Å². The van der Waals surface area contributed by atoms with Crippen molar-refractivity contribution in [1.82, 2.24) is 10.2 Å². The number of methoxy groups -OCH3 is 1. The van der Waals surface area contributed by atoms with Gasteiger partial charge in [-0.2, -0.15) is 0 Å². The van der Waals surface area contributed by atoms with Gasteiger partial charge in [0.25, 0.3) is 5.91 Å². The maximum Gasteiger partial charge on any atom is 0.255 e. The van der Waals surface area contributed by atoms with Crippen LogP contribution in [0.4, 0.5) is 0 Å². The highest BCUT2D eigenvalue weighted by Gasteiger charge is 2.11. The van der Waals surface area contributed by atoms with Gasteiger partial charge in [-0.1, -0.05) is 0 Å². The van der Waals surface area contributed by atoms with E-state index >= 15 is 0 Å². The molecule has 0 aliphatic rings. The Hall–Kier alpha value is -1.79. The Morgan fingerprint density at radius 3 is 2.75 bits per heavy atom. The van der Waals surface area contributed by atoms with Gasteiger partial charge in [0, 0.05) is 13.1 Å². The number of hydrogen-bond donors (Lipinski definition) is 2. The lowest BCUT2D eigenvalue weighted by atomic mass is 10.2. The van der Waals surface area contributed by atoms with Crippen LogP contribution in [0.15, 0.2) is 18.2 Å². The molecule has 2 N–H and O–H groups in total. The molecule has 0 aliphatic heterocycles. The number of phenols is 1. The van der Waals surface area contributed by atoms with Gasteiger partial charge in [0.1, 0.15) is 11.5 Å². The third-order valence-electron chi connectivity index (χ3n) is 2.66. The summed E-state index contributed by atoms with van der Waals surface area (Å²) in [6, 6.07) is 4.52. The van der Waals surface area contributed by atoms with E-state index in [2.05, 4.69) is 5.32 Å². The molecule has 1 amide bonds. The second-order valence-corrected chi connectivity index (χ2v) is 4.55. The summed E-state index contributed by atoms with van der Waals surface area (Å²) in [4.78, 5) is 13.9. The van der Waals surface area contributed by atoms with Crippen molar-refractivity contribution in [2.24, 2.45) is 0 Å². The molecule has 20 heavy (non-hydrogen) atoms. The Morgan fingerprint density at radius 2 is 2.10 bits per heavy atom. The summed E-state index contributed by atoms with van der Waals surface area (Å²) in [7, 11) is 5.44. The summed E-state index contributed by atoms with van der Waals surface area (Å²) in [5, 5.41) is 12.3. The van der Waals surface area contributed by atoms with E-state index in [0.717, 1.165) is 6.54 Å². The van der Waals surface area contributed by atoms with E-state index in [-0.39, 0.29) is 17.2 Å². The van der Waals surface area contributed by atoms with Gasteiger partial charge in [-0.3, -0.25) is 4.79 Å². The number of nitrogens with zero attached hydrogens (tertiary/aromatic N) is 1. The molecule has 6 nitrogen and oxygen atoms in total. The van der Waals surface area contributed by atoms with Crippen LogP contribution in [-0.4, -0.2) is 63.4 Å². The van der Waals surface area contributed by atoms with Crippen molar-refractivity contribution in [3.63, 3.8) is 0 Å². The first kappa shape index (κ1) is 16.3. The fourth-order valence-corrected chi connectivity index (χ4v) is 1.51. The summed E-state index contributed by atoms with van der Waals surface area (Å²) < 4.78 is 10.4. The Balaban J connectivity index is 2.36.